The van der Waals surface area contributed by atoms with Crippen LogP contribution in [0.3, 0.4) is 0 Å². The van der Waals surface area contributed by atoms with Crippen LogP contribution >= 0.6 is 0 Å². The van der Waals surface area contributed by atoms with E-state index in [0.717, 1.165) is 79.2 Å². The maximum atomic E-state index is 15.6. The van der Waals surface area contributed by atoms with E-state index in [-0.39, 0.29) is 22.9 Å². The molecule has 0 amide bonds. The fourth-order valence-electron chi connectivity index (χ4n) is 8.83. The first-order chi connectivity index (χ1) is 25.9. The maximum absolute atomic E-state index is 15.6. The van der Waals surface area contributed by atoms with Crippen LogP contribution in [-0.2, 0) is 5.41 Å². The quantitative estimate of drug-likeness (QED) is 0.162. The van der Waals surface area contributed by atoms with Crippen LogP contribution in [0.25, 0.3) is 43.4 Å². The Bertz CT molecular complexity index is 2810. The number of allylic oxidation sites excluding steroid dienone is 4. The molecule has 53 heavy (non-hydrogen) atoms. The molecular weight excluding hydrogens is 657 g/mol. The van der Waals surface area contributed by atoms with E-state index in [1.54, 1.807) is 24.4 Å². The third-order valence-electron chi connectivity index (χ3n) is 11.2. The third-order valence-corrected chi connectivity index (χ3v) is 11.2. The zero-order chi connectivity index (χ0) is 35.8. The van der Waals surface area contributed by atoms with Gasteiger partial charge < -0.3 is 4.90 Å². The SMILES string of the molecule is CC1(C)c2ccccc2-c2c(N(c3cccc(F)c3)c3ccc4ccc5c(N(C6=CC=CCC6)c6ncccc6F)ccc6ccc3c4c65)cccc21. The summed E-state index contributed by atoms with van der Waals surface area (Å²) in [6.07, 6.45) is 9.51. The highest BCUT2D eigenvalue weighted by Crippen LogP contribution is 2.55. The van der Waals surface area contributed by atoms with Gasteiger partial charge in [0.05, 0.1) is 17.1 Å². The summed E-state index contributed by atoms with van der Waals surface area (Å²) >= 11 is 0. The van der Waals surface area contributed by atoms with E-state index in [2.05, 4.69) is 127 Å². The summed E-state index contributed by atoms with van der Waals surface area (Å²) < 4.78 is 30.8. The van der Waals surface area contributed by atoms with Crippen molar-refractivity contribution in [2.24, 2.45) is 0 Å². The first-order valence-electron chi connectivity index (χ1n) is 18.2. The number of aromatic nitrogens is 1. The Kier molecular flexibility index (Phi) is 7.03. The second-order valence-electron chi connectivity index (χ2n) is 14.5. The van der Waals surface area contributed by atoms with Gasteiger partial charge in [-0.1, -0.05) is 105 Å². The monoisotopic (exact) mass is 691 g/mol. The number of benzene rings is 7. The lowest BCUT2D eigenvalue weighted by Crippen LogP contribution is -2.20. The normalized spacial score (nSPS) is 14.5. The van der Waals surface area contributed by atoms with Crippen molar-refractivity contribution in [2.45, 2.75) is 32.1 Å². The molecule has 0 atom stereocenters. The van der Waals surface area contributed by atoms with Crippen LogP contribution in [-0.4, -0.2) is 4.98 Å². The molecule has 0 radical (unpaired) electrons. The van der Waals surface area contributed by atoms with E-state index in [9.17, 15) is 0 Å². The molecule has 8 aromatic rings. The summed E-state index contributed by atoms with van der Waals surface area (Å²) in [7, 11) is 0. The summed E-state index contributed by atoms with van der Waals surface area (Å²) in [4.78, 5) is 8.76. The molecule has 2 aliphatic carbocycles. The summed E-state index contributed by atoms with van der Waals surface area (Å²) in [5, 5.41) is 6.43. The van der Waals surface area contributed by atoms with Crippen LogP contribution in [0.1, 0.15) is 37.8 Å². The molecule has 0 saturated carbocycles. The first-order valence-corrected chi connectivity index (χ1v) is 18.2. The van der Waals surface area contributed by atoms with E-state index >= 15 is 8.78 Å². The molecule has 0 spiro atoms. The number of hydrogen-bond acceptors (Lipinski definition) is 3. The highest BCUT2D eigenvalue weighted by molar-refractivity contribution is 6.28. The number of pyridine rings is 1. The van der Waals surface area contributed by atoms with Gasteiger partial charge in [-0.15, -0.1) is 0 Å². The average molecular weight is 692 g/mol. The summed E-state index contributed by atoms with van der Waals surface area (Å²) in [5.41, 5.74) is 9.23. The molecule has 10 rings (SSSR count). The minimum absolute atomic E-state index is 0.197. The molecule has 0 unspecified atom stereocenters. The molecule has 0 fully saturated rings. The van der Waals surface area contributed by atoms with Crippen molar-refractivity contribution in [3.8, 4) is 11.1 Å². The fourth-order valence-corrected chi connectivity index (χ4v) is 8.83. The van der Waals surface area contributed by atoms with Gasteiger partial charge in [-0.25, -0.2) is 13.8 Å². The van der Waals surface area contributed by atoms with Crippen molar-refractivity contribution in [2.75, 3.05) is 9.80 Å². The molecule has 3 nitrogen and oxygen atoms in total. The van der Waals surface area contributed by atoms with Gasteiger partial charge in [-0.05, 0) is 106 Å². The lowest BCUT2D eigenvalue weighted by molar-refractivity contribution is 0.620. The molecule has 1 heterocycles. The predicted octanol–water partition coefficient (Wildman–Crippen LogP) is 13.4. The van der Waals surface area contributed by atoms with E-state index < -0.39 is 0 Å². The third kappa shape index (κ3) is 4.73. The number of hydrogen-bond donors (Lipinski definition) is 0. The van der Waals surface area contributed by atoms with Crippen molar-refractivity contribution >= 4 is 60.9 Å². The van der Waals surface area contributed by atoms with E-state index in [1.807, 2.05) is 17.0 Å². The zero-order valence-corrected chi connectivity index (χ0v) is 29.4. The molecule has 2 aliphatic rings. The zero-order valence-electron chi connectivity index (χ0n) is 29.4. The minimum Gasteiger partial charge on any atom is -0.309 e. The number of rotatable bonds is 6. The van der Waals surface area contributed by atoms with Crippen LogP contribution < -0.4 is 9.80 Å². The second-order valence-corrected chi connectivity index (χ2v) is 14.5. The van der Waals surface area contributed by atoms with Gasteiger partial charge in [-0.2, -0.15) is 0 Å². The van der Waals surface area contributed by atoms with Gasteiger partial charge >= 0.3 is 0 Å². The van der Waals surface area contributed by atoms with Crippen molar-refractivity contribution in [1.29, 1.82) is 0 Å². The number of halogens is 2. The van der Waals surface area contributed by atoms with Gasteiger partial charge in [0.2, 0.25) is 0 Å². The molecule has 0 N–H and O–H groups in total. The van der Waals surface area contributed by atoms with Crippen LogP contribution in [0, 0.1) is 11.6 Å². The standard InChI is InChI=1S/C48H35F2N3/c1-48(2)38-16-7-6-15-35(38)46-39(48)17-9-19-43(46)52(34-14-8-11-32(49)29-34)41-26-22-30-21-25-37-42(27-23-31-20-24-36(41)44(30)45(31)37)53(33-12-4-3-5-13-33)47-40(50)18-10-28-51-47/h3-4,6-12,14-29H,5,13H2,1-2H3. The van der Waals surface area contributed by atoms with Gasteiger partial charge in [0, 0.05) is 39.3 Å². The smallest absolute Gasteiger partial charge is 0.173 e. The Balaban J connectivity index is 1.26. The molecule has 5 heteroatoms. The predicted molar refractivity (Wildman–Crippen MR) is 215 cm³/mol. The van der Waals surface area contributed by atoms with Crippen molar-refractivity contribution in [3.05, 3.63) is 180 Å². The number of anilines is 5. The fraction of sp³-hybridized carbons (Fsp3) is 0.104. The molecule has 256 valence electrons. The van der Waals surface area contributed by atoms with Crippen LogP contribution in [0.5, 0.6) is 0 Å². The van der Waals surface area contributed by atoms with E-state index in [0.29, 0.717) is 0 Å². The Morgan fingerprint density at radius 2 is 1.34 bits per heavy atom. The Labute approximate surface area is 307 Å². The van der Waals surface area contributed by atoms with E-state index in [1.165, 1.54) is 28.8 Å². The lowest BCUT2D eigenvalue weighted by Gasteiger charge is -2.31. The summed E-state index contributed by atoms with van der Waals surface area (Å²) in [6, 6.07) is 42.3. The van der Waals surface area contributed by atoms with Crippen LogP contribution in [0.15, 0.2) is 158 Å². The minimum atomic E-state index is -0.373. The highest BCUT2D eigenvalue weighted by atomic mass is 19.1. The van der Waals surface area contributed by atoms with Gasteiger partial charge in [0.1, 0.15) is 5.82 Å². The van der Waals surface area contributed by atoms with Crippen LogP contribution in [0.2, 0.25) is 0 Å². The Morgan fingerprint density at radius 1 is 0.642 bits per heavy atom. The van der Waals surface area contributed by atoms with E-state index in [4.69, 9.17) is 0 Å². The first kappa shape index (κ1) is 31.4. The second kappa shape index (κ2) is 11.9. The number of fused-ring (bicyclic) bond motifs is 3. The highest BCUT2D eigenvalue weighted by Gasteiger charge is 2.38. The van der Waals surface area contributed by atoms with Gasteiger partial charge in [0.25, 0.3) is 0 Å². The van der Waals surface area contributed by atoms with Crippen molar-refractivity contribution in [3.63, 3.8) is 0 Å². The lowest BCUT2D eigenvalue weighted by atomic mass is 9.82. The summed E-state index contributed by atoms with van der Waals surface area (Å²) in [5.74, 6) is -0.387. The maximum Gasteiger partial charge on any atom is 0.173 e. The molecular formula is C48H35F2N3. The van der Waals surface area contributed by atoms with Gasteiger partial charge in [-0.3, -0.25) is 4.90 Å². The average Bonchev–Trinajstić information content (AvgIpc) is 3.42. The number of nitrogens with zero attached hydrogens (tertiary/aromatic N) is 3. The Hall–Kier alpha value is -6.33. The summed E-state index contributed by atoms with van der Waals surface area (Å²) in [6.45, 7) is 4.56. The molecule has 7 aromatic carbocycles. The van der Waals surface area contributed by atoms with Crippen molar-refractivity contribution in [1.82, 2.24) is 4.98 Å². The van der Waals surface area contributed by atoms with Crippen LogP contribution in [0.4, 0.5) is 37.3 Å². The largest absolute Gasteiger partial charge is 0.309 e. The topological polar surface area (TPSA) is 19.4 Å². The molecule has 0 bridgehead atoms. The molecule has 1 aromatic heterocycles. The van der Waals surface area contributed by atoms with Crippen molar-refractivity contribution < 1.29 is 8.78 Å². The Morgan fingerprint density at radius 3 is 2.06 bits per heavy atom. The molecule has 0 saturated heterocycles. The molecule has 0 aliphatic heterocycles. The van der Waals surface area contributed by atoms with Gasteiger partial charge in [0.15, 0.2) is 11.6 Å².